The maximum atomic E-state index is 11.6. The van der Waals surface area contributed by atoms with Gasteiger partial charge >= 0.3 is 0 Å². The number of alkyl halides is 4. The molecule has 0 amide bonds. The summed E-state index contributed by atoms with van der Waals surface area (Å²) in [5.74, 6) is 0. The van der Waals surface area contributed by atoms with E-state index in [1.54, 1.807) is 45.2 Å². The van der Waals surface area contributed by atoms with E-state index in [4.69, 9.17) is 0 Å². The molecule has 4 heteroatoms. The van der Waals surface area contributed by atoms with Crippen molar-refractivity contribution in [3.8, 4) is 0 Å². The molecule has 0 aliphatic rings. The lowest BCUT2D eigenvalue weighted by atomic mass is 11.8. The van der Waals surface area contributed by atoms with Gasteiger partial charge in [-0.2, -0.15) is 0 Å². The Morgan fingerprint density at radius 1 is 1.60 bits per heavy atom. The van der Waals surface area contributed by atoms with Gasteiger partial charge in [-0.15, -0.1) is 0 Å². The maximum Gasteiger partial charge on any atom is 0.263 e. The van der Waals surface area contributed by atoms with Crippen LogP contribution in [0.2, 0.25) is 0 Å². The van der Waals surface area contributed by atoms with Crippen molar-refractivity contribution in [1.82, 2.24) is 0 Å². The van der Waals surface area contributed by atoms with Crippen LogP contribution in [0.15, 0.2) is 0 Å². The molecule has 0 heterocycles. The minimum atomic E-state index is -1.25. The first-order valence-corrected chi connectivity index (χ1v) is 3.71. The molecule has 32 valence electrons. The molecule has 0 saturated carbocycles. The van der Waals surface area contributed by atoms with Gasteiger partial charge < -0.3 is 0 Å². The van der Waals surface area contributed by atoms with Gasteiger partial charge in [0.1, 0.15) is 0 Å². The second kappa shape index (κ2) is 2.25. The fraction of sp³-hybridized carbons (Fsp3) is 1.00. The van der Waals surface area contributed by atoms with Gasteiger partial charge in [-0.1, -0.05) is 0 Å². The van der Waals surface area contributed by atoms with Crippen molar-refractivity contribution in [2.24, 2.45) is 0 Å². The molecule has 0 fully saturated rings. The minimum Gasteiger partial charge on any atom is -0.208 e. The van der Waals surface area contributed by atoms with E-state index in [1.807, 2.05) is 0 Å². The highest BCUT2D eigenvalue weighted by molar-refractivity contribution is 14.2. The predicted molar refractivity (Wildman–Crippen MR) is 40.8 cm³/mol. The lowest BCUT2D eigenvalue weighted by Gasteiger charge is -1.91. The van der Waals surface area contributed by atoms with Crippen LogP contribution >= 0.6 is 61.1 Å². The lowest BCUT2D eigenvalue weighted by molar-refractivity contribution is 0.578. The molecule has 0 radical (unpaired) electrons. The Kier molecular flexibility index (Phi) is 3.09. The molecule has 0 saturated heterocycles. The highest BCUT2D eigenvalue weighted by Gasteiger charge is 2.11. The van der Waals surface area contributed by atoms with Crippen molar-refractivity contribution in [3.05, 3.63) is 0 Å². The van der Waals surface area contributed by atoms with Gasteiger partial charge in [-0.25, -0.2) is 4.39 Å². The summed E-state index contributed by atoms with van der Waals surface area (Å²) in [4.78, 5) is 0. The number of halogens is 4. The van der Waals surface area contributed by atoms with E-state index in [0.717, 1.165) is 0 Å². The molecular formula is CBrFI2. The highest BCUT2D eigenvalue weighted by Crippen LogP contribution is 2.35. The Labute approximate surface area is 65.3 Å². The van der Waals surface area contributed by atoms with E-state index in [9.17, 15) is 4.39 Å². The van der Waals surface area contributed by atoms with Crippen molar-refractivity contribution in [1.29, 1.82) is 0 Å². The highest BCUT2D eigenvalue weighted by atomic mass is 127. The fourth-order valence-corrected chi connectivity index (χ4v) is 0. The molecule has 0 atom stereocenters. The summed E-state index contributed by atoms with van der Waals surface area (Å²) in [5.41, 5.74) is 0. The summed E-state index contributed by atoms with van der Waals surface area (Å²) in [6.07, 6.45) is 0. The molecule has 0 aliphatic heterocycles. The van der Waals surface area contributed by atoms with Gasteiger partial charge in [0.15, 0.2) is 0 Å². The first-order chi connectivity index (χ1) is 2.00. The van der Waals surface area contributed by atoms with Crippen LogP contribution in [0.3, 0.4) is 0 Å². The van der Waals surface area contributed by atoms with Crippen molar-refractivity contribution >= 4 is 61.1 Å². The molecule has 0 nitrogen and oxygen atoms in total. The third-order valence-corrected chi connectivity index (χ3v) is 0. The van der Waals surface area contributed by atoms with Crippen LogP contribution in [0.5, 0.6) is 0 Å². The van der Waals surface area contributed by atoms with E-state index in [2.05, 4.69) is 15.9 Å². The Bertz CT molecular complexity index is 25.1. The summed E-state index contributed by atoms with van der Waals surface area (Å²) in [6, 6.07) is 0. The van der Waals surface area contributed by atoms with Crippen molar-refractivity contribution in [3.63, 3.8) is 0 Å². The fourth-order valence-electron chi connectivity index (χ4n) is 0. The van der Waals surface area contributed by atoms with E-state index in [1.165, 1.54) is 0 Å². The first kappa shape index (κ1) is 6.87. The largest absolute Gasteiger partial charge is 0.263 e. The molecule has 0 aromatic rings. The molecule has 0 aromatic carbocycles. The van der Waals surface area contributed by atoms with Gasteiger partial charge in [0.05, 0.1) is 0 Å². The molecule has 0 spiro atoms. The van der Waals surface area contributed by atoms with Gasteiger partial charge in [-0.3, -0.25) is 0 Å². The van der Waals surface area contributed by atoms with Gasteiger partial charge in [0.2, 0.25) is 0 Å². The third-order valence-electron chi connectivity index (χ3n) is 0. The average molecular weight is 365 g/mol. The average Bonchev–Trinajstić information content (AvgIpc) is 0.722. The van der Waals surface area contributed by atoms with E-state index >= 15 is 0 Å². The lowest BCUT2D eigenvalue weighted by Crippen LogP contribution is -1.79. The zero-order valence-corrected chi connectivity index (χ0v) is 7.91. The van der Waals surface area contributed by atoms with Crippen molar-refractivity contribution in [2.75, 3.05) is 0 Å². The molecule has 0 aliphatic carbocycles. The van der Waals surface area contributed by atoms with Gasteiger partial charge in [0, 0.05) is 0 Å². The molecule has 5 heavy (non-hydrogen) atoms. The number of hydrogen-bond donors (Lipinski definition) is 0. The van der Waals surface area contributed by atoms with Crippen LogP contribution in [0.25, 0.3) is 0 Å². The quantitative estimate of drug-likeness (QED) is 0.458. The van der Waals surface area contributed by atoms with Gasteiger partial charge in [-0.05, 0) is 61.1 Å². The monoisotopic (exact) mass is 364 g/mol. The summed E-state index contributed by atoms with van der Waals surface area (Å²) in [5, 5.41) is 0. The third kappa shape index (κ3) is 25.1. The van der Waals surface area contributed by atoms with E-state index in [0.29, 0.717) is 0 Å². The van der Waals surface area contributed by atoms with Crippen LogP contribution < -0.4 is 0 Å². The van der Waals surface area contributed by atoms with Crippen molar-refractivity contribution < 1.29 is 4.39 Å². The summed E-state index contributed by atoms with van der Waals surface area (Å²) < 4.78 is 10.3. The van der Waals surface area contributed by atoms with Crippen LogP contribution in [0.4, 0.5) is 4.39 Å². The zero-order valence-electron chi connectivity index (χ0n) is 2.01. The molecule has 0 unspecified atom stereocenters. The molecule has 0 bridgehead atoms. The Hall–Kier alpha value is 1.87. The second-order valence-corrected chi connectivity index (χ2v) is 9.52. The normalized spacial score (nSPS) is 12.0. The first-order valence-electron chi connectivity index (χ1n) is 0.756. The number of hydrogen-bond acceptors (Lipinski definition) is 0. The second-order valence-electron chi connectivity index (χ2n) is 0.429. The number of rotatable bonds is 0. The summed E-state index contributed by atoms with van der Waals surface area (Å²) in [6.45, 7) is 0. The topological polar surface area (TPSA) is 0 Å². The SMILES string of the molecule is FC(Br)(I)I. The van der Waals surface area contributed by atoms with Crippen LogP contribution in [0, 0.1) is 0 Å². The zero-order chi connectivity index (χ0) is 4.50. The standard InChI is InChI=1S/CBrFI2/c2-1(3,4)5. The van der Waals surface area contributed by atoms with E-state index < -0.39 is 0.591 Å². The van der Waals surface area contributed by atoms with Crippen LogP contribution in [0.1, 0.15) is 0 Å². The maximum absolute atomic E-state index is 11.6. The molecule has 0 aromatic heterocycles. The molecule has 0 N–H and O–H groups in total. The summed E-state index contributed by atoms with van der Waals surface area (Å²) >= 11 is 5.91. The van der Waals surface area contributed by atoms with Crippen molar-refractivity contribution in [2.45, 2.75) is 0.591 Å². The Morgan fingerprint density at radius 2 is 1.60 bits per heavy atom. The summed E-state index contributed by atoms with van der Waals surface area (Å²) in [7, 11) is 0. The predicted octanol–water partition coefficient (Wildman–Crippen LogP) is 2.83. The Morgan fingerprint density at radius 3 is 1.60 bits per heavy atom. The smallest absolute Gasteiger partial charge is 0.208 e. The minimum absolute atomic E-state index is 1.25. The Balaban J connectivity index is 3.02. The van der Waals surface area contributed by atoms with Crippen LogP contribution in [-0.2, 0) is 0 Å². The molecule has 0 rings (SSSR count). The van der Waals surface area contributed by atoms with Gasteiger partial charge in [0.25, 0.3) is 0.591 Å². The molecular weight excluding hydrogens is 365 g/mol. The van der Waals surface area contributed by atoms with Crippen LogP contribution in [-0.4, -0.2) is 0.591 Å². The van der Waals surface area contributed by atoms with E-state index in [-0.39, 0.29) is 0 Å².